The summed E-state index contributed by atoms with van der Waals surface area (Å²) >= 11 is 0. The van der Waals surface area contributed by atoms with Crippen LogP contribution < -0.4 is 5.32 Å². The molecule has 5 nitrogen and oxygen atoms in total. The molecule has 0 aliphatic carbocycles. The lowest BCUT2D eigenvalue weighted by molar-refractivity contribution is -0.117. The molecular formula is C23H25FN4O. The van der Waals surface area contributed by atoms with Gasteiger partial charge in [-0.05, 0) is 43.0 Å². The number of hydrogen-bond acceptors (Lipinski definition) is 3. The highest BCUT2D eigenvalue weighted by Gasteiger charge is 2.21. The average Bonchev–Trinajstić information content (AvgIpc) is 2.99. The van der Waals surface area contributed by atoms with Gasteiger partial charge in [0, 0.05) is 18.5 Å². The number of benzene rings is 2. The lowest BCUT2D eigenvalue weighted by atomic mass is 9.95. The largest absolute Gasteiger partial charge is 0.323 e. The molecule has 0 fully saturated rings. The Morgan fingerprint density at radius 2 is 1.97 bits per heavy atom. The van der Waals surface area contributed by atoms with Crippen molar-refractivity contribution in [2.75, 3.05) is 5.32 Å². The summed E-state index contributed by atoms with van der Waals surface area (Å²) in [7, 11) is 0. The van der Waals surface area contributed by atoms with Gasteiger partial charge in [-0.2, -0.15) is 0 Å². The van der Waals surface area contributed by atoms with E-state index in [1.54, 1.807) is 12.1 Å². The van der Waals surface area contributed by atoms with Gasteiger partial charge in [0.15, 0.2) is 5.82 Å². The molecule has 3 aromatic rings. The van der Waals surface area contributed by atoms with Gasteiger partial charge in [-0.1, -0.05) is 43.7 Å². The number of aromatic nitrogens is 3. The molecule has 1 aromatic heterocycles. The fourth-order valence-corrected chi connectivity index (χ4v) is 3.94. The highest BCUT2D eigenvalue weighted by molar-refractivity contribution is 5.96. The van der Waals surface area contributed by atoms with Crippen molar-refractivity contribution in [3.05, 3.63) is 65.7 Å². The Balaban J connectivity index is 1.61. The third kappa shape index (κ3) is 4.06. The summed E-state index contributed by atoms with van der Waals surface area (Å²) in [6, 6.07) is 14.3. The molecule has 2 heterocycles. The molecule has 0 radical (unpaired) electrons. The van der Waals surface area contributed by atoms with Gasteiger partial charge in [-0.25, -0.2) is 4.39 Å². The quantitative estimate of drug-likeness (QED) is 0.669. The number of anilines is 1. The van der Waals surface area contributed by atoms with Crippen molar-refractivity contribution in [3.63, 3.8) is 0 Å². The number of nitrogens with one attached hydrogen (secondary N) is 1. The second-order valence-corrected chi connectivity index (χ2v) is 7.46. The molecular weight excluding hydrogens is 367 g/mol. The summed E-state index contributed by atoms with van der Waals surface area (Å²) < 4.78 is 16.6. The van der Waals surface area contributed by atoms with E-state index in [2.05, 4.69) is 20.1 Å². The summed E-state index contributed by atoms with van der Waals surface area (Å²) in [6.07, 6.45) is 4.91. The van der Waals surface area contributed by atoms with Crippen LogP contribution in [0.25, 0.3) is 11.4 Å². The van der Waals surface area contributed by atoms with Gasteiger partial charge in [-0.3, -0.25) is 4.79 Å². The van der Waals surface area contributed by atoms with E-state index < -0.39 is 5.82 Å². The van der Waals surface area contributed by atoms with Gasteiger partial charge in [0.25, 0.3) is 0 Å². The second kappa shape index (κ2) is 8.55. The molecule has 1 amide bonds. The molecule has 4 rings (SSSR count). The van der Waals surface area contributed by atoms with Crippen molar-refractivity contribution in [3.8, 4) is 11.4 Å². The molecule has 150 valence electrons. The lowest BCUT2D eigenvalue weighted by Gasteiger charge is -2.16. The van der Waals surface area contributed by atoms with Crippen LogP contribution >= 0.6 is 0 Å². The summed E-state index contributed by atoms with van der Waals surface area (Å²) in [5.41, 5.74) is 1.86. The lowest BCUT2D eigenvalue weighted by Crippen LogP contribution is -2.21. The zero-order valence-electron chi connectivity index (χ0n) is 16.6. The summed E-state index contributed by atoms with van der Waals surface area (Å²) in [5, 5.41) is 11.4. The monoisotopic (exact) mass is 392 g/mol. The van der Waals surface area contributed by atoms with Crippen LogP contribution in [0.5, 0.6) is 0 Å². The molecule has 1 aliphatic rings. The van der Waals surface area contributed by atoms with E-state index >= 15 is 0 Å². The molecule has 6 heteroatoms. The number of rotatable bonds is 5. The molecule has 1 N–H and O–H groups in total. The Morgan fingerprint density at radius 3 is 2.76 bits per heavy atom. The van der Waals surface area contributed by atoms with E-state index in [0.717, 1.165) is 48.6 Å². The normalized spacial score (nSPS) is 14.7. The minimum absolute atomic E-state index is 0.174. The van der Waals surface area contributed by atoms with Crippen molar-refractivity contribution >= 4 is 11.6 Å². The number of hydrogen-bond donors (Lipinski definition) is 1. The van der Waals surface area contributed by atoms with Crippen molar-refractivity contribution in [1.82, 2.24) is 14.8 Å². The maximum atomic E-state index is 14.5. The van der Waals surface area contributed by atoms with Crippen molar-refractivity contribution in [1.29, 1.82) is 0 Å². The third-order valence-corrected chi connectivity index (χ3v) is 5.52. The van der Waals surface area contributed by atoms with Crippen LogP contribution in [0.15, 0.2) is 48.5 Å². The smallest absolute Gasteiger partial charge is 0.231 e. The average molecular weight is 392 g/mol. The Kier molecular flexibility index (Phi) is 5.69. The van der Waals surface area contributed by atoms with Crippen LogP contribution in [-0.2, 0) is 17.8 Å². The van der Waals surface area contributed by atoms with Crippen LogP contribution in [0, 0.1) is 5.82 Å². The van der Waals surface area contributed by atoms with Gasteiger partial charge in [-0.15, -0.1) is 10.2 Å². The minimum Gasteiger partial charge on any atom is -0.323 e. The first-order valence-electron chi connectivity index (χ1n) is 10.2. The van der Waals surface area contributed by atoms with Crippen LogP contribution in [0.4, 0.5) is 10.1 Å². The minimum atomic E-state index is -0.458. The zero-order chi connectivity index (χ0) is 20.2. The third-order valence-electron chi connectivity index (χ3n) is 5.52. The maximum absolute atomic E-state index is 14.5. The van der Waals surface area contributed by atoms with Crippen LogP contribution in [0.1, 0.15) is 49.9 Å². The number of carbonyl (C=O) groups excluding carboxylic acids is 1. The van der Waals surface area contributed by atoms with E-state index in [0.29, 0.717) is 6.42 Å². The SMILES string of the molecule is CCC(C(=O)Nc1cc(-c2nnc3n2CCCCC3)ccc1F)c1ccccc1. The topological polar surface area (TPSA) is 59.8 Å². The number of nitrogens with zero attached hydrogens (tertiary/aromatic N) is 3. The Morgan fingerprint density at radius 1 is 1.14 bits per heavy atom. The molecule has 1 unspecified atom stereocenters. The highest BCUT2D eigenvalue weighted by atomic mass is 19.1. The van der Waals surface area contributed by atoms with E-state index in [1.165, 1.54) is 12.5 Å². The van der Waals surface area contributed by atoms with Gasteiger partial charge >= 0.3 is 0 Å². The molecule has 2 aromatic carbocycles. The number of halogens is 1. The Hall–Kier alpha value is -3.02. The summed E-state index contributed by atoms with van der Waals surface area (Å²) in [5.74, 6) is 0.703. The number of amides is 1. The number of aryl methyl sites for hydroxylation is 1. The van der Waals surface area contributed by atoms with E-state index in [9.17, 15) is 9.18 Å². The van der Waals surface area contributed by atoms with Gasteiger partial charge in [0.1, 0.15) is 11.6 Å². The summed E-state index contributed by atoms with van der Waals surface area (Å²) in [4.78, 5) is 12.9. The van der Waals surface area contributed by atoms with E-state index in [4.69, 9.17) is 0 Å². The van der Waals surface area contributed by atoms with E-state index in [-0.39, 0.29) is 17.5 Å². The maximum Gasteiger partial charge on any atom is 0.231 e. The summed E-state index contributed by atoms with van der Waals surface area (Å²) in [6.45, 7) is 2.82. The first kappa shape index (κ1) is 19.3. The van der Waals surface area contributed by atoms with Crippen LogP contribution in [-0.4, -0.2) is 20.7 Å². The molecule has 29 heavy (non-hydrogen) atoms. The fraction of sp³-hybridized carbons (Fsp3) is 0.348. The van der Waals surface area contributed by atoms with Crippen LogP contribution in [0.3, 0.4) is 0 Å². The Labute approximate surface area is 170 Å². The molecule has 0 saturated heterocycles. The predicted molar refractivity (Wildman–Crippen MR) is 111 cm³/mol. The van der Waals surface area contributed by atoms with Crippen molar-refractivity contribution in [2.45, 2.75) is 51.5 Å². The molecule has 1 atom stereocenters. The van der Waals surface area contributed by atoms with Crippen LogP contribution in [0.2, 0.25) is 0 Å². The predicted octanol–water partition coefficient (Wildman–Crippen LogP) is 4.94. The zero-order valence-corrected chi connectivity index (χ0v) is 16.6. The second-order valence-electron chi connectivity index (χ2n) is 7.46. The van der Waals surface area contributed by atoms with Gasteiger partial charge in [0.2, 0.25) is 5.91 Å². The highest BCUT2D eigenvalue weighted by Crippen LogP contribution is 2.28. The first-order valence-corrected chi connectivity index (χ1v) is 10.2. The van der Waals surface area contributed by atoms with E-state index in [1.807, 2.05) is 37.3 Å². The van der Waals surface area contributed by atoms with Gasteiger partial charge in [0.05, 0.1) is 11.6 Å². The molecule has 0 saturated carbocycles. The van der Waals surface area contributed by atoms with Crippen molar-refractivity contribution < 1.29 is 9.18 Å². The standard InChI is InChI=1S/C23H25FN4O/c1-2-18(16-9-5-3-6-10-16)23(29)25-20-15-17(12-13-19(20)24)22-27-26-21-11-7-4-8-14-28(21)22/h3,5-6,9-10,12-13,15,18H,2,4,7-8,11,14H2,1H3,(H,25,29). The fourth-order valence-electron chi connectivity index (χ4n) is 3.94. The Bertz CT molecular complexity index is 999. The molecule has 1 aliphatic heterocycles. The number of fused-ring (bicyclic) bond motifs is 1. The van der Waals surface area contributed by atoms with Crippen molar-refractivity contribution in [2.24, 2.45) is 0 Å². The number of carbonyl (C=O) groups is 1. The first-order chi connectivity index (χ1) is 14.2. The van der Waals surface area contributed by atoms with Gasteiger partial charge < -0.3 is 9.88 Å². The molecule has 0 spiro atoms. The molecule has 0 bridgehead atoms.